The van der Waals surface area contributed by atoms with Gasteiger partial charge in [0.15, 0.2) is 0 Å². The summed E-state index contributed by atoms with van der Waals surface area (Å²) in [6.45, 7) is 6.32. The first kappa shape index (κ1) is 13.5. The molecule has 0 spiro atoms. The van der Waals surface area contributed by atoms with Crippen LogP contribution >= 0.6 is 0 Å². The average molecular weight is 250 g/mol. The SMILES string of the molecule is CNCC1CCN(Cc2cc(F)ccc2C)CC1. The third kappa shape index (κ3) is 3.53. The van der Waals surface area contributed by atoms with Crippen LogP contribution in [0.15, 0.2) is 18.2 Å². The Balaban J connectivity index is 1.89. The summed E-state index contributed by atoms with van der Waals surface area (Å²) in [4.78, 5) is 2.44. The van der Waals surface area contributed by atoms with E-state index in [4.69, 9.17) is 0 Å². The van der Waals surface area contributed by atoms with Crippen LogP contribution in [0.4, 0.5) is 4.39 Å². The van der Waals surface area contributed by atoms with Gasteiger partial charge in [-0.1, -0.05) is 6.07 Å². The zero-order valence-electron chi connectivity index (χ0n) is 11.4. The lowest BCUT2D eigenvalue weighted by molar-refractivity contribution is 0.176. The predicted molar refractivity (Wildman–Crippen MR) is 73.1 cm³/mol. The Morgan fingerprint density at radius 2 is 2.06 bits per heavy atom. The molecule has 1 aromatic rings. The zero-order valence-corrected chi connectivity index (χ0v) is 11.4. The summed E-state index contributed by atoms with van der Waals surface area (Å²) in [7, 11) is 2.02. The number of hydrogen-bond acceptors (Lipinski definition) is 2. The molecule has 3 heteroatoms. The largest absolute Gasteiger partial charge is 0.319 e. The van der Waals surface area contributed by atoms with Crippen LogP contribution in [0.5, 0.6) is 0 Å². The summed E-state index contributed by atoms with van der Waals surface area (Å²) < 4.78 is 13.2. The molecule has 0 bridgehead atoms. The van der Waals surface area contributed by atoms with Crippen LogP contribution in [0.2, 0.25) is 0 Å². The quantitative estimate of drug-likeness (QED) is 0.883. The van der Waals surface area contributed by atoms with Crippen molar-refractivity contribution in [2.75, 3.05) is 26.7 Å². The highest BCUT2D eigenvalue weighted by molar-refractivity contribution is 5.26. The Labute approximate surface area is 109 Å². The highest BCUT2D eigenvalue weighted by Gasteiger charge is 2.19. The minimum Gasteiger partial charge on any atom is -0.319 e. The van der Waals surface area contributed by atoms with Gasteiger partial charge in [-0.05, 0) is 75.6 Å². The first-order chi connectivity index (χ1) is 8.69. The number of likely N-dealkylation sites (tertiary alicyclic amines) is 1. The van der Waals surface area contributed by atoms with Gasteiger partial charge in [0, 0.05) is 6.54 Å². The Hall–Kier alpha value is -0.930. The number of nitrogens with zero attached hydrogens (tertiary/aromatic N) is 1. The standard InChI is InChI=1S/C15H23FN2/c1-12-3-4-15(16)9-14(12)11-18-7-5-13(6-8-18)10-17-2/h3-4,9,13,17H,5-8,10-11H2,1-2H3. The first-order valence-electron chi connectivity index (χ1n) is 6.81. The second-order valence-corrected chi connectivity index (χ2v) is 5.35. The van der Waals surface area contributed by atoms with E-state index in [1.165, 1.54) is 24.5 Å². The molecule has 1 aliphatic rings. The second-order valence-electron chi connectivity index (χ2n) is 5.35. The molecule has 18 heavy (non-hydrogen) atoms. The smallest absolute Gasteiger partial charge is 0.123 e. The van der Waals surface area contributed by atoms with E-state index in [9.17, 15) is 4.39 Å². The van der Waals surface area contributed by atoms with Gasteiger partial charge in [0.25, 0.3) is 0 Å². The van der Waals surface area contributed by atoms with Gasteiger partial charge in [-0.25, -0.2) is 4.39 Å². The van der Waals surface area contributed by atoms with Gasteiger partial charge in [0.1, 0.15) is 5.82 Å². The number of nitrogens with one attached hydrogen (secondary N) is 1. The van der Waals surface area contributed by atoms with Gasteiger partial charge >= 0.3 is 0 Å². The zero-order chi connectivity index (χ0) is 13.0. The van der Waals surface area contributed by atoms with E-state index in [1.807, 2.05) is 13.1 Å². The Kier molecular flexibility index (Phi) is 4.72. The Morgan fingerprint density at radius 1 is 1.33 bits per heavy atom. The van der Waals surface area contributed by atoms with Gasteiger partial charge in [-0.15, -0.1) is 0 Å². The van der Waals surface area contributed by atoms with Crippen LogP contribution in [-0.2, 0) is 6.54 Å². The van der Waals surface area contributed by atoms with Crippen LogP contribution in [-0.4, -0.2) is 31.6 Å². The lowest BCUT2D eigenvalue weighted by Crippen LogP contribution is -2.36. The normalized spacial score (nSPS) is 18.2. The molecule has 0 saturated carbocycles. The van der Waals surface area contributed by atoms with Gasteiger partial charge in [-0.2, -0.15) is 0 Å². The summed E-state index contributed by atoms with van der Waals surface area (Å²) in [5.41, 5.74) is 2.32. The van der Waals surface area contributed by atoms with Crippen molar-refractivity contribution in [1.29, 1.82) is 0 Å². The maximum Gasteiger partial charge on any atom is 0.123 e. The molecule has 1 aliphatic heterocycles. The highest BCUT2D eigenvalue weighted by atomic mass is 19.1. The molecule has 1 heterocycles. The topological polar surface area (TPSA) is 15.3 Å². The summed E-state index contributed by atoms with van der Waals surface area (Å²) in [6, 6.07) is 5.09. The third-order valence-electron chi connectivity index (χ3n) is 3.91. The Bertz CT molecular complexity index is 384. The second kappa shape index (κ2) is 6.30. The van der Waals surface area contributed by atoms with Crippen molar-refractivity contribution < 1.29 is 4.39 Å². The van der Waals surface area contributed by atoms with Gasteiger partial charge in [-0.3, -0.25) is 4.90 Å². The van der Waals surface area contributed by atoms with Crippen molar-refractivity contribution in [1.82, 2.24) is 10.2 Å². The first-order valence-corrected chi connectivity index (χ1v) is 6.81. The fraction of sp³-hybridized carbons (Fsp3) is 0.600. The van der Waals surface area contributed by atoms with Crippen LogP contribution < -0.4 is 5.32 Å². The lowest BCUT2D eigenvalue weighted by atomic mass is 9.96. The van der Waals surface area contributed by atoms with E-state index < -0.39 is 0 Å². The van der Waals surface area contributed by atoms with Crippen LogP contribution in [0.1, 0.15) is 24.0 Å². The molecule has 0 amide bonds. The van der Waals surface area contributed by atoms with Crippen LogP contribution in [0.3, 0.4) is 0 Å². The van der Waals surface area contributed by atoms with Crippen molar-refractivity contribution in [3.8, 4) is 0 Å². The van der Waals surface area contributed by atoms with E-state index in [2.05, 4.69) is 17.1 Å². The maximum atomic E-state index is 13.2. The number of piperidine rings is 1. The molecular formula is C15H23FN2. The molecule has 1 fully saturated rings. The summed E-state index contributed by atoms with van der Waals surface area (Å²) in [5, 5.41) is 3.25. The maximum absolute atomic E-state index is 13.2. The predicted octanol–water partition coefficient (Wildman–Crippen LogP) is 2.57. The molecular weight excluding hydrogens is 227 g/mol. The molecule has 0 aromatic heterocycles. The van der Waals surface area contributed by atoms with E-state index in [0.29, 0.717) is 0 Å². The molecule has 0 atom stereocenters. The molecule has 0 aliphatic carbocycles. The van der Waals surface area contributed by atoms with Crippen molar-refractivity contribution in [2.45, 2.75) is 26.3 Å². The van der Waals surface area contributed by atoms with E-state index >= 15 is 0 Å². The third-order valence-corrected chi connectivity index (χ3v) is 3.91. The molecule has 2 rings (SSSR count). The van der Waals surface area contributed by atoms with E-state index in [0.717, 1.165) is 37.7 Å². The molecule has 1 aromatic carbocycles. The minimum atomic E-state index is -0.124. The molecule has 100 valence electrons. The summed E-state index contributed by atoms with van der Waals surface area (Å²) >= 11 is 0. The monoisotopic (exact) mass is 250 g/mol. The van der Waals surface area contributed by atoms with E-state index in [-0.39, 0.29) is 5.82 Å². The number of rotatable bonds is 4. The Morgan fingerprint density at radius 3 is 2.72 bits per heavy atom. The van der Waals surface area contributed by atoms with Gasteiger partial charge in [0.05, 0.1) is 0 Å². The minimum absolute atomic E-state index is 0.124. The van der Waals surface area contributed by atoms with Gasteiger partial charge < -0.3 is 5.32 Å². The number of hydrogen-bond donors (Lipinski definition) is 1. The molecule has 2 nitrogen and oxygen atoms in total. The van der Waals surface area contributed by atoms with E-state index in [1.54, 1.807) is 6.07 Å². The molecule has 0 radical (unpaired) electrons. The number of halogens is 1. The van der Waals surface area contributed by atoms with Crippen LogP contribution in [0, 0.1) is 18.7 Å². The van der Waals surface area contributed by atoms with Crippen molar-refractivity contribution in [3.63, 3.8) is 0 Å². The highest BCUT2D eigenvalue weighted by Crippen LogP contribution is 2.20. The lowest BCUT2D eigenvalue weighted by Gasteiger charge is -2.32. The number of benzene rings is 1. The summed E-state index contributed by atoms with van der Waals surface area (Å²) in [6.07, 6.45) is 2.49. The van der Waals surface area contributed by atoms with Crippen molar-refractivity contribution >= 4 is 0 Å². The summed E-state index contributed by atoms with van der Waals surface area (Å²) in [5.74, 6) is 0.681. The molecule has 1 saturated heterocycles. The average Bonchev–Trinajstić information content (AvgIpc) is 2.37. The van der Waals surface area contributed by atoms with Crippen molar-refractivity contribution in [2.24, 2.45) is 5.92 Å². The van der Waals surface area contributed by atoms with Gasteiger partial charge in [0.2, 0.25) is 0 Å². The molecule has 0 unspecified atom stereocenters. The molecule has 1 N–H and O–H groups in total. The fourth-order valence-corrected chi connectivity index (χ4v) is 2.69. The fourth-order valence-electron chi connectivity index (χ4n) is 2.69. The number of aryl methyl sites for hydroxylation is 1. The van der Waals surface area contributed by atoms with Crippen molar-refractivity contribution in [3.05, 3.63) is 35.1 Å². The van der Waals surface area contributed by atoms with Crippen LogP contribution in [0.25, 0.3) is 0 Å².